The third-order valence-corrected chi connectivity index (χ3v) is 8.93. The number of aliphatic hydroxyl groups excluding tert-OH is 1. The molecular formula is C25H46O2. The summed E-state index contributed by atoms with van der Waals surface area (Å²) >= 11 is 0. The van der Waals surface area contributed by atoms with Gasteiger partial charge in [0, 0.05) is 12.8 Å². The molecule has 0 aromatic rings. The summed E-state index contributed by atoms with van der Waals surface area (Å²) in [6.45, 7) is 13.2. The van der Waals surface area contributed by atoms with Crippen LogP contribution in [0.25, 0.3) is 0 Å². The van der Waals surface area contributed by atoms with E-state index in [2.05, 4.69) is 27.7 Å². The molecule has 0 radical (unpaired) electrons. The van der Waals surface area contributed by atoms with Gasteiger partial charge in [0.25, 0.3) is 0 Å². The second kappa shape index (κ2) is 9.42. The highest BCUT2D eigenvalue weighted by atomic mass is 16.3. The summed E-state index contributed by atoms with van der Waals surface area (Å²) < 4.78 is 0. The highest BCUT2D eigenvalue weighted by Crippen LogP contribution is 2.65. The van der Waals surface area contributed by atoms with Gasteiger partial charge < -0.3 is 5.11 Å². The SMILES string of the molecule is CC.CC12CCC3C(CCC4CC(=O)CCC43C)C1CCC2O.CCCC. The van der Waals surface area contributed by atoms with Crippen LogP contribution >= 0.6 is 0 Å². The Labute approximate surface area is 168 Å². The summed E-state index contributed by atoms with van der Waals surface area (Å²) in [4.78, 5) is 11.9. The van der Waals surface area contributed by atoms with Gasteiger partial charge in [-0.3, -0.25) is 4.79 Å². The standard InChI is InChI=1S/C19H30O2.C4H10.C2H6/c1-18-9-7-13(20)11-12(18)3-4-14-15-5-6-17(21)19(15,2)10-8-16(14)18;1-3-4-2;1-2/h12,14-17,21H,3-11H2,1-2H3;3-4H2,1-2H3;1-2H3. The minimum atomic E-state index is -0.0677. The highest BCUT2D eigenvalue weighted by molar-refractivity contribution is 5.79. The zero-order chi connectivity index (χ0) is 20.2. The Bertz CT molecular complexity index is 485. The molecule has 4 rings (SSSR count). The van der Waals surface area contributed by atoms with Gasteiger partial charge in [-0.05, 0) is 79.4 Å². The molecule has 4 fully saturated rings. The Kier molecular flexibility index (Phi) is 7.99. The van der Waals surface area contributed by atoms with E-state index >= 15 is 0 Å². The zero-order valence-electron chi connectivity index (χ0n) is 19.0. The van der Waals surface area contributed by atoms with Crippen LogP contribution in [0.15, 0.2) is 0 Å². The van der Waals surface area contributed by atoms with E-state index in [0.29, 0.717) is 17.1 Å². The van der Waals surface area contributed by atoms with Crippen molar-refractivity contribution in [1.29, 1.82) is 0 Å². The van der Waals surface area contributed by atoms with Gasteiger partial charge in [0.1, 0.15) is 5.78 Å². The molecule has 0 aliphatic heterocycles. The van der Waals surface area contributed by atoms with Crippen molar-refractivity contribution in [2.24, 2.45) is 34.5 Å². The van der Waals surface area contributed by atoms with E-state index in [0.717, 1.165) is 43.4 Å². The molecule has 4 aliphatic rings. The monoisotopic (exact) mass is 378 g/mol. The Hall–Kier alpha value is -0.370. The molecule has 2 heteroatoms. The number of unbranched alkanes of at least 4 members (excludes halogenated alkanes) is 1. The molecule has 7 atom stereocenters. The molecule has 0 aromatic heterocycles. The van der Waals surface area contributed by atoms with Crippen molar-refractivity contribution in [2.45, 2.75) is 118 Å². The minimum Gasteiger partial charge on any atom is -0.393 e. The van der Waals surface area contributed by atoms with Gasteiger partial charge in [-0.1, -0.05) is 54.4 Å². The predicted molar refractivity (Wildman–Crippen MR) is 115 cm³/mol. The van der Waals surface area contributed by atoms with Crippen LogP contribution < -0.4 is 0 Å². The largest absolute Gasteiger partial charge is 0.393 e. The Balaban J connectivity index is 0.000000389. The summed E-state index contributed by atoms with van der Waals surface area (Å²) in [5.74, 6) is 3.52. The highest BCUT2D eigenvalue weighted by Gasteiger charge is 2.59. The molecule has 0 aromatic carbocycles. The normalized spacial score (nSPS) is 45.3. The zero-order valence-corrected chi connectivity index (χ0v) is 19.0. The number of fused-ring (bicyclic) bond motifs is 5. The summed E-state index contributed by atoms with van der Waals surface area (Å²) in [5, 5.41) is 10.5. The van der Waals surface area contributed by atoms with Crippen molar-refractivity contribution in [3.8, 4) is 0 Å². The first-order valence-corrected chi connectivity index (χ1v) is 12.1. The van der Waals surface area contributed by atoms with Crippen LogP contribution in [0.3, 0.4) is 0 Å². The topological polar surface area (TPSA) is 37.3 Å². The predicted octanol–water partition coefficient (Wildman–Crippen LogP) is 6.79. The third kappa shape index (κ3) is 4.16. The molecule has 0 saturated heterocycles. The van der Waals surface area contributed by atoms with Crippen molar-refractivity contribution >= 4 is 5.78 Å². The van der Waals surface area contributed by atoms with Crippen LogP contribution in [0, 0.1) is 34.5 Å². The number of hydrogen-bond acceptors (Lipinski definition) is 2. The maximum atomic E-state index is 11.9. The third-order valence-electron chi connectivity index (χ3n) is 8.93. The van der Waals surface area contributed by atoms with E-state index in [1.165, 1.54) is 44.9 Å². The molecular weight excluding hydrogens is 332 g/mol. The van der Waals surface area contributed by atoms with Gasteiger partial charge >= 0.3 is 0 Å². The van der Waals surface area contributed by atoms with Gasteiger partial charge in [0.05, 0.1) is 6.10 Å². The first-order valence-electron chi connectivity index (χ1n) is 12.1. The van der Waals surface area contributed by atoms with Crippen LogP contribution in [0.5, 0.6) is 0 Å². The van der Waals surface area contributed by atoms with Gasteiger partial charge in [-0.25, -0.2) is 0 Å². The second-order valence-corrected chi connectivity index (χ2v) is 10.0. The van der Waals surface area contributed by atoms with Crippen LogP contribution in [-0.2, 0) is 4.79 Å². The lowest BCUT2D eigenvalue weighted by Crippen LogP contribution is -2.54. The average molecular weight is 379 g/mol. The van der Waals surface area contributed by atoms with Crippen LogP contribution in [-0.4, -0.2) is 17.0 Å². The molecule has 4 aliphatic carbocycles. The molecule has 2 nitrogen and oxygen atoms in total. The molecule has 0 heterocycles. The lowest BCUT2D eigenvalue weighted by Gasteiger charge is -2.60. The lowest BCUT2D eigenvalue weighted by atomic mass is 9.45. The molecule has 0 amide bonds. The average Bonchev–Trinajstić information content (AvgIpc) is 2.99. The number of carbonyl (C=O) groups is 1. The first kappa shape index (κ1) is 22.9. The number of hydrogen-bond donors (Lipinski definition) is 1. The minimum absolute atomic E-state index is 0.0677. The molecule has 0 spiro atoms. The van der Waals surface area contributed by atoms with Gasteiger partial charge in [0.15, 0.2) is 0 Å². The number of carbonyl (C=O) groups excluding carboxylic acids is 1. The fourth-order valence-electron chi connectivity index (χ4n) is 7.02. The molecule has 1 N–H and O–H groups in total. The van der Waals surface area contributed by atoms with E-state index < -0.39 is 0 Å². The van der Waals surface area contributed by atoms with E-state index in [-0.39, 0.29) is 11.5 Å². The molecule has 0 bridgehead atoms. The smallest absolute Gasteiger partial charge is 0.133 e. The second-order valence-electron chi connectivity index (χ2n) is 10.0. The van der Waals surface area contributed by atoms with Crippen molar-refractivity contribution in [2.75, 3.05) is 0 Å². The summed E-state index contributed by atoms with van der Waals surface area (Å²) in [5.41, 5.74) is 0.598. The molecule has 7 unspecified atom stereocenters. The van der Waals surface area contributed by atoms with E-state index in [1.807, 2.05) is 13.8 Å². The summed E-state index contributed by atoms with van der Waals surface area (Å²) in [6, 6.07) is 0. The maximum absolute atomic E-state index is 11.9. The van der Waals surface area contributed by atoms with E-state index in [9.17, 15) is 9.90 Å². The first-order chi connectivity index (χ1) is 12.9. The number of aliphatic hydroxyl groups is 1. The van der Waals surface area contributed by atoms with Crippen LogP contribution in [0.4, 0.5) is 0 Å². The lowest BCUT2D eigenvalue weighted by molar-refractivity contribution is -0.141. The van der Waals surface area contributed by atoms with Crippen LogP contribution in [0.1, 0.15) is 112 Å². The van der Waals surface area contributed by atoms with E-state index in [1.54, 1.807) is 0 Å². The van der Waals surface area contributed by atoms with Gasteiger partial charge in [0.2, 0.25) is 0 Å². The van der Waals surface area contributed by atoms with Crippen molar-refractivity contribution in [1.82, 2.24) is 0 Å². The molecule has 4 saturated carbocycles. The van der Waals surface area contributed by atoms with Crippen molar-refractivity contribution in [3.05, 3.63) is 0 Å². The van der Waals surface area contributed by atoms with Crippen LogP contribution in [0.2, 0.25) is 0 Å². The summed E-state index contributed by atoms with van der Waals surface area (Å²) in [7, 11) is 0. The van der Waals surface area contributed by atoms with Gasteiger partial charge in [-0.2, -0.15) is 0 Å². The maximum Gasteiger partial charge on any atom is 0.133 e. The van der Waals surface area contributed by atoms with E-state index in [4.69, 9.17) is 0 Å². The number of rotatable bonds is 1. The Morgan fingerprint density at radius 2 is 1.52 bits per heavy atom. The Morgan fingerprint density at radius 1 is 0.889 bits per heavy atom. The van der Waals surface area contributed by atoms with Gasteiger partial charge in [-0.15, -0.1) is 0 Å². The number of ketones is 1. The number of Topliss-reactive ketones (excluding diaryl/α,β-unsaturated/α-hetero) is 1. The molecule has 158 valence electrons. The fourth-order valence-corrected chi connectivity index (χ4v) is 7.02. The fraction of sp³-hybridized carbons (Fsp3) is 0.960. The summed E-state index contributed by atoms with van der Waals surface area (Å²) in [6.07, 6.45) is 12.7. The Morgan fingerprint density at radius 3 is 2.15 bits per heavy atom. The van der Waals surface area contributed by atoms with Crippen molar-refractivity contribution in [3.63, 3.8) is 0 Å². The molecule has 27 heavy (non-hydrogen) atoms. The van der Waals surface area contributed by atoms with Crippen molar-refractivity contribution < 1.29 is 9.90 Å². The quantitative estimate of drug-likeness (QED) is 0.545.